The van der Waals surface area contributed by atoms with E-state index in [9.17, 15) is 18.4 Å². The summed E-state index contributed by atoms with van der Waals surface area (Å²) in [5.41, 5.74) is 1.30. The van der Waals surface area contributed by atoms with Crippen LogP contribution in [-0.2, 0) is 20.7 Å². The number of nitrogens with zero attached hydrogens (tertiary/aromatic N) is 2. The largest absolute Gasteiger partial charge is 0.465 e. The van der Waals surface area contributed by atoms with Crippen LogP contribution in [0.2, 0.25) is 0 Å². The van der Waals surface area contributed by atoms with Gasteiger partial charge in [0, 0.05) is 35.7 Å². The van der Waals surface area contributed by atoms with Gasteiger partial charge in [-0.2, -0.15) is 0 Å². The first-order valence-electron chi connectivity index (χ1n) is 9.87. The summed E-state index contributed by atoms with van der Waals surface area (Å²) in [5, 5.41) is 2.01. The zero-order valence-electron chi connectivity index (χ0n) is 17.2. The van der Waals surface area contributed by atoms with Crippen molar-refractivity contribution in [2.75, 3.05) is 18.1 Å². The van der Waals surface area contributed by atoms with Crippen molar-refractivity contribution >= 4 is 28.9 Å². The van der Waals surface area contributed by atoms with Crippen LogP contribution in [0.15, 0.2) is 53.9 Å². The zero-order chi connectivity index (χ0) is 22.4. The number of rotatable bonds is 8. The summed E-state index contributed by atoms with van der Waals surface area (Å²) in [4.78, 5) is 31.8. The van der Waals surface area contributed by atoms with Crippen LogP contribution in [0.5, 0.6) is 0 Å². The van der Waals surface area contributed by atoms with Gasteiger partial charge < -0.3 is 9.64 Å². The molecule has 0 saturated carbocycles. The molecule has 0 fully saturated rings. The first-order chi connectivity index (χ1) is 14.9. The minimum absolute atomic E-state index is 0.0142. The number of ether oxygens (including phenoxy) is 1. The molecular formula is C23H22F2N2O3S. The molecule has 1 heterocycles. The zero-order valence-corrected chi connectivity index (χ0v) is 18.0. The summed E-state index contributed by atoms with van der Waals surface area (Å²) in [5.74, 6) is -3.51. The van der Waals surface area contributed by atoms with Gasteiger partial charge in [-0.3, -0.25) is 9.59 Å². The summed E-state index contributed by atoms with van der Waals surface area (Å²) >= 11 is 1.16. The lowest BCUT2D eigenvalue weighted by molar-refractivity contribution is -0.151. The van der Waals surface area contributed by atoms with Crippen molar-refractivity contribution in [2.24, 2.45) is 5.92 Å². The van der Waals surface area contributed by atoms with Crippen LogP contribution >= 0.6 is 11.3 Å². The topological polar surface area (TPSA) is 59.5 Å². The molecule has 0 N–H and O–H groups in total. The van der Waals surface area contributed by atoms with Crippen LogP contribution in [0.1, 0.15) is 19.5 Å². The number of aromatic nitrogens is 1. The Kier molecular flexibility index (Phi) is 7.46. The van der Waals surface area contributed by atoms with E-state index in [1.54, 1.807) is 24.4 Å². The average molecular weight is 445 g/mol. The quantitative estimate of drug-likeness (QED) is 0.368. The van der Waals surface area contributed by atoms with E-state index in [-0.39, 0.29) is 18.6 Å². The summed E-state index contributed by atoms with van der Waals surface area (Å²) in [6.45, 7) is 4.02. The van der Waals surface area contributed by atoms with Crippen molar-refractivity contribution in [2.45, 2.75) is 20.3 Å². The molecule has 1 unspecified atom stereocenters. The number of esters is 1. The molecule has 0 radical (unpaired) electrons. The van der Waals surface area contributed by atoms with E-state index in [1.807, 2.05) is 25.1 Å². The number of para-hydroxylation sites is 1. The van der Waals surface area contributed by atoms with Gasteiger partial charge in [0.15, 0.2) is 0 Å². The van der Waals surface area contributed by atoms with Crippen molar-refractivity contribution in [1.29, 1.82) is 0 Å². The Hall–Kier alpha value is -3.13. The van der Waals surface area contributed by atoms with Gasteiger partial charge in [-0.05, 0) is 38.1 Å². The van der Waals surface area contributed by atoms with Crippen LogP contribution in [0.4, 0.5) is 14.5 Å². The highest BCUT2D eigenvalue weighted by atomic mass is 32.1. The van der Waals surface area contributed by atoms with E-state index in [0.717, 1.165) is 23.5 Å². The third kappa shape index (κ3) is 5.32. The Morgan fingerprint density at radius 2 is 1.87 bits per heavy atom. The van der Waals surface area contributed by atoms with Gasteiger partial charge in [-0.25, -0.2) is 13.8 Å². The maximum absolute atomic E-state index is 14.1. The summed E-state index contributed by atoms with van der Waals surface area (Å²) in [6.07, 6.45) is 0.0142. The summed E-state index contributed by atoms with van der Waals surface area (Å²) in [7, 11) is 0. The molecule has 2 aromatic carbocycles. The van der Waals surface area contributed by atoms with Crippen molar-refractivity contribution in [3.63, 3.8) is 0 Å². The lowest BCUT2D eigenvalue weighted by Crippen LogP contribution is -2.41. The van der Waals surface area contributed by atoms with Gasteiger partial charge in [-0.1, -0.05) is 18.2 Å². The molecule has 0 aliphatic carbocycles. The van der Waals surface area contributed by atoms with Crippen molar-refractivity contribution in [1.82, 2.24) is 4.98 Å². The van der Waals surface area contributed by atoms with Crippen molar-refractivity contribution < 1.29 is 23.1 Å². The molecule has 0 saturated heterocycles. The Labute approximate surface area is 183 Å². The van der Waals surface area contributed by atoms with Crippen LogP contribution in [0, 0.1) is 17.6 Å². The molecule has 0 bridgehead atoms. The highest BCUT2D eigenvalue weighted by Crippen LogP contribution is 2.28. The third-order valence-corrected chi connectivity index (χ3v) is 5.57. The summed E-state index contributed by atoms with van der Waals surface area (Å²) < 4.78 is 32.4. The third-order valence-electron chi connectivity index (χ3n) is 4.65. The molecule has 0 aliphatic heterocycles. The Morgan fingerprint density at radius 3 is 2.52 bits per heavy atom. The first-order valence-corrected chi connectivity index (χ1v) is 10.7. The second-order valence-corrected chi connectivity index (χ2v) is 7.55. The predicted octanol–water partition coefficient (Wildman–Crippen LogP) is 4.86. The van der Waals surface area contributed by atoms with Gasteiger partial charge in [-0.15, -0.1) is 11.3 Å². The maximum Gasteiger partial charge on any atom is 0.318 e. The number of hydrogen-bond donors (Lipinski definition) is 0. The Bertz CT molecular complexity index is 1060. The first kappa shape index (κ1) is 22.6. The fourth-order valence-electron chi connectivity index (χ4n) is 3.17. The second kappa shape index (κ2) is 10.3. The predicted molar refractivity (Wildman–Crippen MR) is 116 cm³/mol. The molecule has 31 heavy (non-hydrogen) atoms. The number of anilines is 1. The maximum atomic E-state index is 14.1. The van der Waals surface area contributed by atoms with E-state index < -0.39 is 29.4 Å². The van der Waals surface area contributed by atoms with E-state index in [0.29, 0.717) is 22.9 Å². The fourth-order valence-corrected chi connectivity index (χ4v) is 4.03. The highest BCUT2D eigenvalue weighted by Gasteiger charge is 2.33. The lowest BCUT2D eigenvalue weighted by atomic mass is 10.0. The van der Waals surface area contributed by atoms with Crippen molar-refractivity contribution in [3.8, 4) is 10.6 Å². The number of halogens is 2. The summed E-state index contributed by atoms with van der Waals surface area (Å²) in [6, 6.07) is 12.3. The Balaban J connectivity index is 1.87. The van der Waals surface area contributed by atoms with Gasteiger partial charge in [0.2, 0.25) is 5.91 Å². The van der Waals surface area contributed by atoms with Crippen LogP contribution in [0.25, 0.3) is 10.6 Å². The van der Waals surface area contributed by atoms with Crippen LogP contribution in [0.3, 0.4) is 0 Å². The van der Waals surface area contributed by atoms with Gasteiger partial charge in [0.25, 0.3) is 0 Å². The van der Waals surface area contributed by atoms with Crippen LogP contribution < -0.4 is 4.90 Å². The number of carbonyl (C=O) groups excluding carboxylic acids is 2. The molecular weight excluding hydrogens is 422 g/mol. The number of carbonyl (C=O) groups is 2. The minimum Gasteiger partial charge on any atom is -0.465 e. The molecule has 1 amide bonds. The average Bonchev–Trinajstić information content (AvgIpc) is 3.21. The van der Waals surface area contributed by atoms with Gasteiger partial charge in [0.1, 0.15) is 22.6 Å². The number of hydrogen-bond acceptors (Lipinski definition) is 5. The van der Waals surface area contributed by atoms with Gasteiger partial charge in [0.05, 0.1) is 12.3 Å². The molecule has 0 aliphatic rings. The molecule has 3 aromatic rings. The molecule has 1 aromatic heterocycles. The normalized spacial score (nSPS) is 11.7. The molecule has 0 spiro atoms. The van der Waals surface area contributed by atoms with Crippen LogP contribution in [-0.4, -0.2) is 30.0 Å². The molecule has 5 nitrogen and oxygen atoms in total. The standard InChI is InChI=1S/C23H22F2N2O3S/c1-3-27(17-8-6-5-7-9-17)22(28)19(23(29)30-4-2)13-16-14-31-21(26-16)18-11-10-15(24)12-20(18)25/h5-12,14,19H,3-4,13H2,1-2H3. The molecule has 162 valence electrons. The number of thiazole rings is 1. The highest BCUT2D eigenvalue weighted by molar-refractivity contribution is 7.13. The monoisotopic (exact) mass is 444 g/mol. The van der Waals surface area contributed by atoms with E-state index in [4.69, 9.17) is 4.74 Å². The number of amides is 1. The van der Waals surface area contributed by atoms with E-state index in [2.05, 4.69) is 4.98 Å². The minimum atomic E-state index is -1.09. The lowest BCUT2D eigenvalue weighted by Gasteiger charge is -2.25. The molecule has 1 atom stereocenters. The molecule has 8 heteroatoms. The molecule has 3 rings (SSSR count). The van der Waals surface area contributed by atoms with Gasteiger partial charge >= 0.3 is 5.97 Å². The second-order valence-electron chi connectivity index (χ2n) is 6.69. The Morgan fingerprint density at radius 1 is 1.13 bits per heavy atom. The SMILES string of the molecule is CCOC(=O)C(Cc1csc(-c2ccc(F)cc2F)n1)C(=O)N(CC)c1ccccc1. The number of benzene rings is 2. The van der Waals surface area contributed by atoms with Crippen molar-refractivity contribution in [3.05, 3.63) is 71.2 Å². The van der Waals surface area contributed by atoms with E-state index in [1.165, 1.54) is 11.0 Å². The van der Waals surface area contributed by atoms with E-state index >= 15 is 0 Å². The fraction of sp³-hybridized carbons (Fsp3) is 0.261. The smallest absolute Gasteiger partial charge is 0.318 e.